The lowest BCUT2D eigenvalue weighted by Gasteiger charge is -2.24. The van der Waals surface area contributed by atoms with Gasteiger partial charge in [0, 0.05) is 25.8 Å². The van der Waals surface area contributed by atoms with E-state index < -0.39 is 0 Å². The van der Waals surface area contributed by atoms with Crippen LogP contribution in [0.2, 0.25) is 0 Å². The molecule has 0 saturated carbocycles. The molecule has 1 aliphatic heterocycles. The first-order valence-electron chi connectivity index (χ1n) is 6.43. The highest BCUT2D eigenvalue weighted by Gasteiger charge is 2.14. The Morgan fingerprint density at radius 2 is 2.50 bits per heavy atom. The highest BCUT2D eigenvalue weighted by atomic mass is 16.5. The average molecular weight is 251 g/mol. The molecule has 2 rings (SSSR count). The third-order valence-corrected chi connectivity index (χ3v) is 2.63. The minimum Gasteiger partial charge on any atom is -0.487 e. The Morgan fingerprint density at radius 3 is 3.22 bits per heavy atom. The second-order valence-corrected chi connectivity index (χ2v) is 4.59. The van der Waals surface area contributed by atoms with Gasteiger partial charge in [0.1, 0.15) is 0 Å². The molecule has 1 saturated heterocycles. The van der Waals surface area contributed by atoms with Crippen LogP contribution in [-0.4, -0.2) is 43.4 Å². The third-order valence-electron chi connectivity index (χ3n) is 2.63. The number of ether oxygens (including phenoxy) is 2. The number of hydrogen-bond donors (Lipinski definition) is 2. The predicted octanol–water partition coefficient (Wildman–Crippen LogP) is 1.27. The van der Waals surface area contributed by atoms with Crippen LogP contribution >= 0.6 is 0 Å². The number of aromatic nitrogens is 1. The molecule has 0 spiro atoms. The molecule has 0 amide bonds. The minimum atomic E-state index is 0.141. The molecule has 18 heavy (non-hydrogen) atoms. The van der Waals surface area contributed by atoms with E-state index in [4.69, 9.17) is 9.47 Å². The van der Waals surface area contributed by atoms with Crippen molar-refractivity contribution in [3.05, 3.63) is 18.3 Å². The van der Waals surface area contributed by atoms with E-state index in [1.807, 2.05) is 26.0 Å². The summed E-state index contributed by atoms with van der Waals surface area (Å²) in [5, 5.41) is 6.59. The molecule has 0 aliphatic carbocycles. The molecule has 0 bridgehead atoms. The zero-order chi connectivity index (χ0) is 12.8. The molecule has 1 fully saturated rings. The van der Waals surface area contributed by atoms with Gasteiger partial charge in [0.15, 0.2) is 11.6 Å². The second kappa shape index (κ2) is 6.56. The fraction of sp³-hybridized carbons (Fsp3) is 0.615. The molecule has 1 unspecified atom stereocenters. The highest BCUT2D eigenvalue weighted by Crippen LogP contribution is 2.22. The minimum absolute atomic E-state index is 0.141. The maximum Gasteiger partial charge on any atom is 0.168 e. The maximum atomic E-state index is 5.70. The molecule has 1 aliphatic rings. The van der Waals surface area contributed by atoms with Crippen molar-refractivity contribution in [2.45, 2.75) is 26.1 Å². The lowest BCUT2D eigenvalue weighted by molar-refractivity contribution is 0.0371. The van der Waals surface area contributed by atoms with Crippen LogP contribution < -0.4 is 15.4 Å². The predicted molar refractivity (Wildman–Crippen MR) is 71.1 cm³/mol. The summed E-state index contributed by atoms with van der Waals surface area (Å²) >= 11 is 0. The molecule has 1 atom stereocenters. The van der Waals surface area contributed by atoms with Crippen molar-refractivity contribution in [2.24, 2.45) is 0 Å². The first-order chi connectivity index (χ1) is 8.75. The molecule has 5 nitrogen and oxygen atoms in total. The molecular formula is C13H21N3O2. The summed E-state index contributed by atoms with van der Waals surface area (Å²) in [5.41, 5.74) is 0. The van der Waals surface area contributed by atoms with Crippen LogP contribution in [0.4, 0.5) is 5.82 Å². The van der Waals surface area contributed by atoms with Gasteiger partial charge in [-0.25, -0.2) is 4.98 Å². The van der Waals surface area contributed by atoms with E-state index in [-0.39, 0.29) is 12.2 Å². The van der Waals surface area contributed by atoms with E-state index in [0.717, 1.165) is 37.8 Å². The van der Waals surface area contributed by atoms with Gasteiger partial charge in [-0.1, -0.05) is 0 Å². The molecule has 1 aromatic rings. The third kappa shape index (κ3) is 3.85. The Balaban J connectivity index is 1.91. The van der Waals surface area contributed by atoms with Gasteiger partial charge in [-0.3, -0.25) is 0 Å². The van der Waals surface area contributed by atoms with E-state index in [2.05, 4.69) is 15.6 Å². The van der Waals surface area contributed by atoms with E-state index in [1.54, 1.807) is 6.20 Å². The zero-order valence-electron chi connectivity index (χ0n) is 11.0. The SMILES string of the molecule is CC(C)Oc1cccnc1NCC1CNCCO1. The first-order valence-corrected chi connectivity index (χ1v) is 6.43. The monoisotopic (exact) mass is 251 g/mol. The maximum absolute atomic E-state index is 5.70. The van der Waals surface area contributed by atoms with Crippen molar-refractivity contribution >= 4 is 5.82 Å². The molecule has 0 radical (unpaired) electrons. The molecule has 1 aromatic heterocycles. The normalized spacial score (nSPS) is 19.8. The van der Waals surface area contributed by atoms with Crippen molar-refractivity contribution in [1.82, 2.24) is 10.3 Å². The number of morpholine rings is 1. The Bertz CT molecular complexity index is 365. The van der Waals surface area contributed by atoms with Crippen LogP contribution in [0.1, 0.15) is 13.8 Å². The fourth-order valence-corrected chi connectivity index (χ4v) is 1.83. The largest absolute Gasteiger partial charge is 0.487 e. The molecular weight excluding hydrogens is 230 g/mol. The van der Waals surface area contributed by atoms with Gasteiger partial charge >= 0.3 is 0 Å². The van der Waals surface area contributed by atoms with Gasteiger partial charge in [0.05, 0.1) is 18.8 Å². The van der Waals surface area contributed by atoms with Crippen molar-refractivity contribution in [1.29, 1.82) is 0 Å². The van der Waals surface area contributed by atoms with E-state index in [0.29, 0.717) is 0 Å². The fourth-order valence-electron chi connectivity index (χ4n) is 1.83. The number of nitrogens with one attached hydrogen (secondary N) is 2. The summed E-state index contributed by atoms with van der Waals surface area (Å²) in [5.74, 6) is 1.57. The van der Waals surface area contributed by atoms with Crippen molar-refractivity contribution in [3.63, 3.8) is 0 Å². The number of rotatable bonds is 5. The number of anilines is 1. The van der Waals surface area contributed by atoms with Gasteiger partial charge in [0.25, 0.3) is 0 Å². The lowest BCUT2D eigenvalue weighted by Crippen LogP contribution is -2.42. The zero-order valence-corrected chi connectivity index (χ0v) is 11.0. The van der Waals surface area contributed by atoms with Crippen LogP contribution in [0.3, 0.4) is 0 Å². The quantitative estimate of drug-likeness (QED) is 0.825. The Kier molecular flexibility index (Phi) is 4.78. The summed E-state index contributed by atoms with van der Waals surface area (Å²) in [6.45, 7) is 7.32. The smallest absolute Gasteiger partial charge is 0.168 e. The highest BCUT2D eigenvalue weighted by molar-refractivity contribution is 5.49. The van der Waals surface area contributed by atoms with Crippen LogP contribution in [-0.2, 0) is 4.74 Å². The lowest BCUT2D eigenvalue weighted by atomic mass is 10.3. The first kappa shape index (κ1) is 13.1. The van der Waals surface area contributed by atoms with E-state index in [9.17, 15) is 0 Å². The second-order valence-electron chi connectivity index (χ2n) is 4.59. The number of nitrogens with zero attached hydrogens (tertiary/aromatic N) is 1. The standard InChI is InChI=1S/C13H21N3O2/c1-10(2)18-12-4-3-5-15-13(12)16-9-11-8-14-6-7-17-11/h3-5,10-11,14H,6-9H2,1-2H3,(H,15,16). The van der Waals surface area contributed by atoms with E-state index >= 15 is 0 Å². The topological polar surface area (TPSA) is 55.4 Å². The van der Waals surface area contributed by atoms with Gasteiger partial charge in [-0.05, 0) is 26.0 Å². The Morgan fingerprint density at radius 1 is 1.61 bits per heavy atom. The van der Waals surface area contributed by atoms with Crippen molar-refractivity contribution < 1.29 is 9.47 Å². The summed E-state index contributed by atoms with van der Waals surface area (Å²) in [6, 6.07) is 3.80. The van der Waals surface area contributed by atoms with Crippen LogP contribution in [0.25, 0.3) is 0 Å². The van der Waals surface area contributed by atoms with Gasteiger partial charge in [-0.15, -0.1) is 0 Å². The van der Waals surface area contributed by atoms with Crippen molar-refractivity contribution in [2.75, 3.05) is 31.6 Å². The van der Waals surface area contributed by atoms with E-state index in [1.165, 1.54) is 0 Å². The van der Waals surface area contributed by atoms with Crippen LogP contribution in [0, 0.1) is 0 Å². The Hall–Kier alpha value is -1.33. The molecule has 2 N–H and O–H groups in total. The number of pyridine rings is 1. The summed E-state index contributed by atoms with van der Waals surface area (Å²) in [6.07, 6.45) is 2.09. The number of hydrogen-bond acceptors (Lipinski definition) is 5. The molecule has 0 aromatic carbocycles. The Labute approximate surface area is 108 Å². The average Bonchev–Trinajstić information content (AvgIpc) is 2.38. The van der Waals surface area contributed by atoms with Gasteiger partial charge in [0.2, 0.25) is 0 Å². The summed E-state index contributed by atoms with van der Waals surface area (Å²) in [7, 11) is 0. The van der Waals surface area contributed by atoms with Crippen molar-refractivity contribution in [3.8, 4) is 5.75 Å². The van der Waals surface area contributed by atoms with Crippen LogP contribution in [0.15, 0.2) is 18.3 Å². The van der Waals surface area contributed by atoms with Crippen LogP contribution in [0.5, 0.6) is 5.75 Å². The summed E-state index contributed by atoms with van der Waals surface area (Å²) in [4.78, 5) is 4.30. The molecule has 2 heterocycles. The van der Waals surface area contributed by atoms with Gasteiger partial charge in [-0.2, -0.15) is 0 Å². The molecule has 5 heteroatoms. The summed E-state index contributed by atoms with van der Waals surface area (Å²) < 4.78 is 11.3. The van der Waals surface area contributed by atoms with Gasteiger partial charge < -0.3 is 20.1 Å². The molecule has 100 valence electrons.